The Balaban J connectivity index is 2.59. The summed E-state index contributed by atoms with van der Waals surface area (Å²) >= 11 is 3.29. The van der Waals surface area contributed by atoms with E-state index in [4.69, 9.17) is 0 Å². The van der Waals surface area contributed by atoms with Crippen LogP contribution in [0.25, 0.3) is 0 Å². The van der Waals surface area contributed by atoms with Crippen molar-refractivity contribution in [1.82, 2.24) is 9.13 Å². The molecule has 2 rings (SSSR count). The van der Waals surface area contributed by atoms with Crippen molar-refractivity contribution in [1.29, 1.82) is 0 Å². The van der Waals surface area contributed by atoms with Crippen molar-refractivity contribution in [2.75, 3.05) is 0 Å². The van der Waals surface area contributed by atoms with Crippen molar-refractivity contribution in [2.24, 2.45) is 24.3 Å². The third-order valence-corrected chi connectivity index (χ3v) is 3.39. The molecule has 0 unspecified atom stereocenters. The third kappa shape index (κ3) is 2.42. The first-order chi connectivity index (χ1) is 9.43. The second-order valence-electron chi connectivity index (χ2n) is 4.03. The Morgan fingerprint density at radius 3 is 2.40 bits per heavy atom. The van der Waals surface area contributed by atoms with Crippen LogP contribution < -0.4 is 11.2 Å². The lowest BCUT2D eigenvalue weighted by Gasteiger charge is -2.06. The maximum atomic E-state index is 11.9. The number of aromatic hydroxyl groups is 1. The van der Waals surface area contributed by atoms with Crippen LogP contribution in [-0.4, -0.2) is 14.2 Å². The van der Waals surface area contributed by atoms with E-state index in [0.717, 1.165) is 9.13 Å². The first-order valence-electron chi connectivity index (χ1n) is 5.58. The van der Waals surface area contributed by atoms with E-state index in [1.807, 2.05) is 6.07 Å². The van der Waals surface area contributed by atoms with Crippen LogP contribution in [-0.2, 0) is 14.1 Å². The van der Waals surface area contributed by atoms with Crippen molar-refractivity contribution in [3.63, 3.8) is 0 Å². The number of benzene rings is 1. The fraction of sp³-hybridized carbons (Fsp3) is 0.167. The van der Waals surface area contributed by atoms with Gasteiger partial charge < -0.3 is 5.11 Å². The van der Waals surface area contributed by atoms with E-state index in [1.165, 1.54) is 14.1 Å². The highest BCUT2D eigenvalue weighted by Crippen LogP contribution is 2.27. The van der Waals surface area contributed by atoms with Gasteiger partial charge in [0.15, 0.2) is 0 Å². The standard InChI is InChI=1S/C12H11BrN4O3/c1-16-10(18)9(11(19)17(2)12(16)20)15-14-8-6-4-3-5-7(8)13/h3-6,18H,1-2H3. The smallest absolute Gasteiger partial charge is 0.333 e. The maximum Gasteiger partial charge on any atom is 0.333 e. The van der Waals surface area contributed by atoms with Gasteiger partial charge >= 0.3 is 5.69 Å². The first kappa shape index (κ1) is 14.2. The maximum absolute atomic E-state index is 11.9. The molecule has 104 valence electrons. The molecule has 0 bridgehead atoms. The molecular formula is C12H11BrN4O3. The predicted octanol–water partition coefficient (Wildman–Crippen LogP) is 1.97. The van der Waals surface area contributed by atoms with E-state index < -0.39 is 17.1 Å². The summed E-state index contributed by atoms with van der Waals surface area (Å²) in [7, 11) is 2.65. The van der Waals surface area contributed by atoms with Gasteiger partial charge in [0.25, 0.3) is 5.56 Å². The largest absolute Gasteiger partial charge is 0.493 e. The van der Waals surface area contributed by atoms with E-state index in [9.17, 15) is 14.7 Å². The molecule has 0 radical (unpaired) electrons. The minimum absolute atomic E-state index is 0.287. The van der Waals surface area contributed by atoms with Gasteiger partial charge in [-0.05, 0) is 28.1 Å². The minimum Gasteiger partial charge on any atom is -0.493 e. The Labute approximate surface area is 122 Å². The van der Waals surface area contributed by atoms with Crippen LogP contribution in [0.3, 0.4) is 0 Å². The average Bonchev–Trinajstić information content (AvgIpc) is 2.45. The molecular weight excluding hydrogens is 328 g/mol. The Kier molecular flexibility index (Phi) is 3.84. The van der Waals surface area contributed by atoms with Crippen molar-refractivity contribution < 1.29 is 5.11 Å². The van der Waals surface area contributed by atoms with Gasteiger partial charge in [0.2, 0.25) is 11.6 Å². The Hall–Kier alpha value is -2.22. The zero-order valence-corrected chi connectivity index (χ0v) is 12.3. The number of hydrogen-bond acceptors (Lipinski definition) is 5. The highest BCUT2D eigenvalue weighted by atomic mass is 79.9. The molecule has 0 saturated carbocycles. The van der Waals surface area contributed by atoms with Gasteiger partial charge in [-0.1, -0.05) is 12.1 Å². The summed E-state index contributed by atoms with van der Waals surface area (Å²) in [6.45, 7) is 0. The zero-order chi connectivity index (χ0) is 14.9. The summed E-state index contributed by atoms with van der Waals surface area (Å²) < 4.78 is 2.48. The van der Waals surface area contributed by atoms with Crippen LogP contribution in [0.5, 0.6) is 5.88 Å². The second-order valence-corrected chi connectivity index (χ2v) is 4.88. The Bertz CT molecular complexity index is 807. The van der Waals surface area contributed by atoms with Gasteiger partial charge in [0.1, 0.15) is 0 Å². The fourth-order valence-electron chi connectivity index (χ4n) is 1.54. The van der Waals surface area contributed by atoms with Crippen molar-refractivity contribution in [3.8, 4) is 5.88 Å². The highest BCUT2D eigenvalue weighted by Gasteiger charge is 2.14. The number of azo groups is 1. The number of hydrogen-bond donors (Lipinski definition) is 1. The van der Waals surface area contributed by atoms with Gasteiger partial charge in [-0.25, -0.2) is 4.79 Å². The van der Waals surface area contributed by atoms with Crippen LogP contribution in [0.1, 0.15) is 0 Å². The molecule has 7 nitrogen and oxygen atoms in total. The first-order valence-corrected chi connectivity index (χ1v) is 6.38. The summed E-state index contributed by atoms with van der Waals surface area (Å²) in [5, 5.41) is 17.5. The fourth-order valence-corrected chi connectivity index (χ4v) is 1.90. The molecule has 0 atom stereocenters. The molecule has 1 aromatic heterocycles. The third-order valence-electron chi connectivity index (χ3n) is 2.72. The van der Waals surface area contributed by atoms with E-state index >= 15 is 0 Å². The summed E-state index contributed by atoms with van der Waals surface area (Å²) in [4.78, 5) is 23.5. The lowest BCUT2D eigenvalue weighted by molar-refractivity contribution is 0.413. The number of rotatable bonds is 2. The number of halogens is 1. The zero-order valence-electron chi connectivity index (χ0n) is 10.7. The van der Waals surface area contributed by atoms with Crippen molar-refractivity contribution >= 4 is 27.3 Å². The second kappa shape index (κ2) is 5.41. The molecule has 0 aliphatic carbocycles. The molecule has 8 heteroatoms. The van der Waals surface area contributed by atoms with Crippen LogP contribution in [0.15, 0.2) is 48.6 Å². The van der Waals surface area contributed by atoms with Gasteiger partial charge in [0.05, 0.1) is 5.69 Å². The van der Waals surface area contributed by atoms with Gasteiger partial charge in [-0.15, -0.1) is 10.2 Å². The molecule has 0 fully saturated rings. The van der Waals surface area contributed by atoms with Crippen LogP contribution in [0.4, 0.5) is 11.4 Å². The molecule has 0 aliphatic rings. The minimum atomic E-state index is -0.707. The molecule has 20 heavy (non-hydrogen) atoms. The number of nitrogens with zero attached hydrogens (tertiary/aromatic N) is 4. The van der Waals surface area contributed by atoms with E-state index in [0.29, 0.717) is 10.2 Å². The van der Waals surface area contributed by atoms with Gasteiger partial charge in [-0.2, -0.15) is 0 Å². The van der Waals surface area contributed by atoms with E-state index in [-0.39, 0.29) is 5.69 Å². The molecule has 1 N–H and O–H groups in total. The lowest BCUT2D eigenvalue weighted by atomic mass is 10.3. The topological polar surface area (TPSA) is 88.9 Å². The average molecular weight is 339 g/mol. The van der Waals surface area contributed by atoms with Gasteiger partial charge in [0, 0.05) is 18.6 Å². The predicted molar refractivity (Wildman–Crippen MR) is 76.9 cm³/mol. The quantitative estimate of drug-likeness (QED) is 0.849. The molecule has 2 aromatic rings. The SMILES string of the molecule is Cn1c(O)c(N=Nc2ccccc2Br)c(=O)n(C)c1=O. The summed E-state index contributed by atoms with van der Waals surface area (Å²) in [5.41, 5.74) is -1.12. The molecule has 0 spiro atoms. The van der Waals surface area contributed by atoms with E-state index in [1.54, 1.807) is 18.2 Å². The summed E-state index contributed by atoms with van der Waals surface area (Å²) in [6, 6.07) is 7.04. The molecule has 1 heterocycles. The van der Waals surface area contributed by atoms with Crippen molar-refractivity contribution in [2.45, 2.75) is 0 Å². The van der Waals surface area contributed by atoms with E-state index in [2.05, 4.69) is 26.2 Å². The van der Waals surface area contributed by atoms with Crippen LogP contribution >= 0.6 is 15.9 Å². The number of aromatic nitrogens is 2. The molecule has 1 aromatic carbocycles. The Morgan fingerprint density at radius 1 is 1.10 bits per heavy atom. The lowest BCUT2D eigenvalue weighted by Crippen LogP contribution is -2.36. The molecule has 0 aliphatic heterocycles. The normalized spacial score (nSPS) is 11.2. The molecule has 0 amide bonds. The molecule has 0 saturated heterocycles. The van der Waals surface area contributed by atoms with Gasteiger partial charge in [-0.3, -0.25) is 13.9 Å². The highest BCUT2D eigenvalue weighted by molar-refractivity contribution is 9.10. The van der Waals surface area contributed by atoms with Crippen LogP contribution in [0.2, 0.25) is 0 Å². The summed E-state index contributed by atoms with van der Waals surface area (Å²) in [6.07, 6.45) is 0. The van der Waals surface area contributed by atoms with Crippen molar-refractivity contribution in [3.05, 3.63) is 49.6 Å². The monoisotopic (exact) mass is 338 g/mol. The van der Waals surface area contributed by atoms with Crippen LogP contribution in [0, 0.1) is 0 Å². The summed E-state index contributed by atoms with van der Waals surface area (Å²) in [5.74, 6) is -0.520. The Morgan fingerprint density at radius 2 is 1.75 bits per heavy atom.